The zero-order valence-corrected chi connectivity index (χ0v) is 10.9. The van der Waals surface area contributed by atoms with Gasteiger partial charge in [-0.25, -0.2) is 9.37 Å². The number of nitrogens with two attached hydrogens (primary N) is 1. The van der Waals surface area contributed by atoms with Crippen molar-refractivity contribution in [2.45, 2.75) is 6.61 Å². The number of benzene rings is 1. The molecule has 0 amide bonds. The van der Waals surface area contributed by atoms with Crippen LogP contribution in [0.15, 0.2) is 24.3 Å². The van der Waals surface area contributed by atoms with E-state index in [1.165, 1.54) is 19.2 Å². The Morgan fingerprint density at radius 3 is 2.86 bits per heavy atom. The Balaban J connectivity index is 2.40. The SMILES string of the molecule is COCc1nc(N)cc(Oc2c(F)cccc2[N+](=O)[O-])n1. The first-order valence-electron chi connectivity index (χ1n) is 5.74. The van der Waals surface area contributed by atoms with Gasteiger partial charge in [-0.2, -0.15) is 4.98 Å². The lowest BCUT2D eigenvalue weighted by Gasteiger charge is -2.08. The number of nitrogens with zero attached hydrogens (tertiary/aromatic N) is 3. The summed E-state index contributed by atoms with van der Waals surface area (Å²) < 4.78 is 23.7. The number of hydrogen-bond donors (Lipinski definition) is 1. The standard InChI is InChI=1S/C12H11FN4O4/c1-20-6-10-15-9(14)5-11(16-10)21-12-7(13)3-2-4-8(12)17(18)19/h2-5H,6H2,1H3,(H2,14,15,16). The zero-order chi connectivity index (χ0) is 15.4. The molecule has 1 heterocycles. The van der Waals surface area contributed by atoms with Crippen molar-refractivity contribution >= 4 is 11.5 Å². The molecule has 1 aromatic carbocycles. The molecule has 0 unspecified atom stereocenters. The minimum absolute atomic E-state index is 0.0702. The van der Waals surface area contributed by atoms with Gasteiger partial charge < -0.3 is 15.2 Å². The first-order valence-corrected chi connectivity index (χ1v) is 5.74. The number of hydrogen-bond acceptors (Lipinski definition) is 7. The Labute approximate surface area is 118 Å². The van der Waals surface area contributed by atoms with Gasteiger partial charge in [-0.05, 0) is 6.07 Å². The fraction of sp³-hybridized carbons (Fsp3) is 0.167. The number of ether oxygens (including phenoxy) is 2. The van der Waals surface area contributed by atoms with E-state index in [2.05, 4.69) is 9.97 Å². The van der Waals surface area contributed by atoms with E-state index in [1.807, 2.05) is 0 Å². The monoisotopic (exact) mass is 294 g/mol. The lowest BCUT2D eigenvalue weighted by molar-refractivity contribution is -0.385. The Morgan fingerprint density at radius 2 is 2.19 bits per heavy atom. The molecule has 0 aliphatic rings. The van der Waals surface area contributed by atoms with Crippen molar-refractivity contribution in [2.24, 2.45) is 0 Å². The van der Waals surface area contributed by atoms with Crippen LogP contribution in [-0.2, 0) is 11.3 Å². The van der Waals surface area contributed by atoms with Gasteiger partial charge in [0, 0.05) is 19.2 Å². The Morgan fingerprint density at radius 1 is 1.43 bits per heavy atom. The van der Waals surface area contributed by atoms with E-state index in [1.54, 1.807) is 0 Å². The number of halogens is 1. The second-order valence-electron chi connectivity index (χ2n) is 3.93. The average molecular weight is 294 g/mol. The van der Waals surface area contributed by atoms with Crippen LogP contribution in [0.1, 0.15) is 5.82 Å². The van der Waals surface area contributed by atoms with Gasteiger partial charge in [-0.15, -0.1) is 0 Å². The van der Waals surface area contributed by atoms with Gasteiger partial charge in [0.15, 0.2) is 11.6 Å². The fourth-order valence-electron chi connectivity index (χ4n) is 1.59. The number of methoxy groups -OCH3 is 1. The molecule has 0 saturated heterocycles. The molecule has 0 bridgehead atoms. The van der Waals surface area contributed by atoms with Gasteiger partial charge in [0.25, 0.3) is 0 Å². The van der Waals surface area contributed by atoms with Crippen LogP contribution in [0.25, 0.3) is 0 Å². The largest absolute Gasteiger partial charge is 0.428 e. The number of aromatic nitrogens is 2. The summed E-state index contributed by atoms with van der Waals surface area (Å²) in [6.45, 7) is 0.0702. The third-order valence-corrected chi connectivity index (χ3v) is 2.39. The summed E-state index contributed by atoms with van der Waals surface area (Å²) in [4.78, 5) is 17.9. The second kappa shape index (κ2) is 6.09. The van der Waals surface area contributed by atoms with E-state index in [9.17, 15) is 14.5 Å². The van der Waals surface area contributed by atoms with Crippen molar-refractivity contribution in [1.29, 1.82) is 0 Å². The van der Waals surface area contributed by atoms with Crippen molar-refractivity contribution in [1.82, 2.24) is 9.97 Å². The summed E-state index contributed by atoms with van der Waals surface area (Å²) in [5, 5.41) is 10.9. The maximum Gasteiger partial charge on any atom is 0.314 e. The summed E-state index contributed by atoms with van der Waals surface area (Å²) in [7, 11) is 1.44. The van der Waals surface area contributed by atoms with Crippen LogP contribution in [0.2, 0.25) is 0 Å². The molecule has 9 heteroatoms. The predicted octanol–water partition coefficient (Wildman–Crippen LogP) is 2.04. The molecule has 21 heavy (non-hydrogen) atoms. The molecule has 0 aliphatic carbocycles. The molecule has 2 aromatic rings. The molecule has 0 radical (unpaired) electrons. The Kier molecular flexibility index (Phi) is 4.24. The average Bonchev–Trinajstić information content (AvgIpc) is 2.40. The van der Waals surface area contributed by atoms with Crippen molar-refractivity contribution in [3.63, 3.8) is 0 Å². The van der Waals surface area contributed by atoms with Crippen molar-refractivity contribution in [3.05, 3.63) is 46.0 Å². The lowest BCUT2D eigenvalue weighted by Crippen LogP contribution is -2.04. The van der Waals surface area contributed by atoms with E-state index >= 15 is 0 Å². The van der Waals surface area contributed by atoms with Crippen LogP contribution in [-0.4, -0.2) is 22.0 Å². The zero-order valence-electron chi connectivity index (χ0n) is 10.9. The van der Waals surface area contributed by atoms with Gasteiger partial charge >= 0.3 is 5.69 Å². The van der Waals surface area contributed by atoms with Crippen LogP contribution in [0.5, 0.6) is 11.6 Å². The van der Waals surface area contributed by atoms with Crippen molar-refractivity contribution in [3.8, 4) is 11.6 Å². The maximum atomic E-state index is 13.7. The highest BCUT2D eigenvalue weighted by Gasteiger charge is 2.21. The first kappa shape index (κ1) is 14.6. The first-order chi connectivity index (χ1) is 10.0. The summed E-state index contributed by atoms with van der Waals surface area (Å²) in [5.41, 5.74) is 5.05. The van der Waals surface area contributed by atoms with Crippen LogP contribution >= 0.6 is 0 Å². The number of nitrogen functional groups attached to an aromatic ring is 1. The maximum absolute atomic E-state index is 13.7. The smallest absolute Gasteiger partial charge is 0.314 e. The molecule has 0 atom stereocenters. The molecule has 110 valence electrons. The fourth-order valence-corrected chi connectivity index (χ4v) is 1.59. The van der Waals surface area contributed by atoms with Crippen molar-refractivity contribution in [2.75, 3.05) is 12.8 Å². The van der Waals surface area contributed by atoms with Gasteiger partial charge in [-0.3, -0.25) is 10.1 Å². The third kappa shape index (κ3) is 3.39. The number of para-hydroxylation sites is 1. The molecule has 0 spiro atoms. The summed E-state index contributed by atoms with van der Waals surface area (Å²) in [5.74, 6) is -1.24. The van der Waals surface area contributed by atoms with Gasteiger partial charge in [-0.1, -0.05) is 6.07 Å². The van der Waals surface area contributed by atoms with Crippen LogP contribution < -0.4 is 10.5 Å². The third-order valence-electron chi connectivity index (χ3n) is 2.39. The summed E-state index contributed by atoms with van der Waals surface area (Å²) in [6, 6.07) is 4.61. The second-order valence-corrected chi connectivity index (χ2v) is 3.93. The predicted molar refractivity (Wildman–Crippen MR) is 70.3 cm³/mol. The molecular weight excluding hydrogens is 283 g/mol. The molecule has 0 fully saturated rings. The van der Waals surface area contributed by atoms with Crippen molar-refractivity contribution < 1.29 is 18.8 Å². The highest BCUT2D eigenvalue weighted by atomic mass is 19.1. The molecular formula is C12H11FN4O4. The molecule has 2 N–H and O–H groups in total. The highest BCUT2D eigenvalue weighted by Crippen LogP contribution is 2.33. The molecule has 1 aromatic heterocycles. The topological polar surface area (TPSA) is 113 Å². The normalized spacial score (nSPS) is 10.4. The summed E-state index contributed by atoms with van der Waals surface area (Å²) >= 11 is 0. The molecule has 0 aliphatic heterocycles. The summed E-state index contributed by atoms with van der Waals surface area (Å²) in [6.07, 6.45) is 0. The van der Waals surface area contributed by atoms with Crippen LogP contribution in [0.3, 0.4) is 0 Å². The number of nitro benzene ring substituents is 1. The number of rotatable bonds is 5. The molecule has 0 saturated carbocycles. The van der Waals surface area contributed by atoms with E-state index in [-0.39, 0.29) is 24.1 Å². The Bertz CT molecular complexity index is 680. The minimum Gasteiger partial charge on any atom is -0.428 e. The van der Waals surface area contributed by atoms with E-state index < -0.39 is 22.2 Å². The van der Waals surface area contributed by atoms with E-state index in [4.69, 9.17) is 15.2 Å². The lowest BCUT2D eigenvalue weighted by atomic mass is 10.3. The van der Waals surface area contributed by atoms with Gasteiger partial charge in [0.2, 0.25) is 11.6 Å². The van der Waals surface area contributed by atoms with E-state index in [0.717, 1.165) is 12.1 Å². The van der Waals surface area contributed by atoms with Gasteiger partial charge in [0.05, 0.1) is 4.92 Å². The molecule has 2 rings (SSSR count). The van der Waals surface area contributed by atoms with Gasteiger partial charge in [0.1, 0.15) is 12.4 Å². The number of anilines is 1. The number of nitro groups is 1. The van der Waals surface area contributed by atoms with E-state index in [0.29, 0.717) is 0 Å². The van der Waals surface area contributed by atoms with Crippen LogP contribution in [0.4, 0.5) is 15.9 Å². The Hall–Kier alpha value is -2.81. The molecule has 8 nitrogen and oxygen atoms in total. The quantitative estimate of drug-likeness (QED) is 0.663. The highest BCUT2D eigenvalue weighted by molar-refractivity contribution is 5.49. The minimum atomic E-state index is -0.880. The van der Waals surface area contributed by atoms with Crippen LogP contribution in [0, 0.1) is 15.9 Å².